The molecule has 0 aromatic carbocycles. The van der Waals surface area contributed by atoms with Gasteiger partial charge >= 0.3 is 17.8 Å². The molecule has 1 aliphatic rings. The average molecular weight is 276 g/mol. The van der Waals surface area contributed by atoms with Gasteiger partial charge in [-0.1, -0.05) is 41.5 Å². The Hall–Kier alpha value is -0.420. The second-order valence-corrected chi connectivity index (χ2v) is 6.60. The lowest BCUT2D eigenvalue weighted by Crippen LogP contribution is -2.76. The molecule has 0 aromatic rings. The molecule has 0 radical (unpaired) electrons. The molecule has 1 fully saturated rings. The third-order valence-electron chi connectivity index (χ3n) is 5.48. The maximum atomic E-state index is 13.9. The summed E-state index contributed by atoms with van der Waals surface area (Å²) in [4.78, 5) is 0. The van der Waals surface area contributed by atoms with Crippen LogP contribution in [0.5, 0.6) is 0 Å². The van der Waals surface area contributed by atoms with Crippen molar-refractivity contribution < 1.29 is 26.3 Å². The third-order valence-corrected chi connectivity index (χ3v) is 5.48. The molecule has 0 amide bonds. The Morgan fingerprint density at radius 1 is 0.389 bits per heavy atom. The van der Waals surface area contributed by atoms with Gasteiger partial charge in [-0.2, -0.15) is 26.3 Å². The number of hydrogen-bond donors (Lipinski definition) is 0. The quantitative estimate of drug-likeness (QED) is 0.547. The summed E-state index contributed by atoms with van der Waals surface area (Å²) in [7, 11) is 0. The summed E-state index contributed by atoms with van der Waals surface area (Å²) in [5.74, 6) is -15.0. The summed E-state index contributed by atoms with van der Waals surface area (Å²) in [6.45, 7) is 6.03. The van der Waals surface area contributed by atoms with Crippen molar-refractivity contribution in [3.63, 3.8) is 0 Å². The van der Waals surface area contributed by atoms with Gasteiger partial charge in [0.1, 0.15) is 0 Å². The van der Waals surface area contributed by atoms with Crippen molar-refractivity contribution in [2.75, 3.05) is 0 Å². The molecule has 108 valence electrons. The van der Waals surface area contributed by atoms with Crippen molar-refractivity contribution in [3.05, 3.63) is 0 Å². The summed E-state index contributed by atoms with van der Waals surface area (Å²) in [5, 5.41) is 0. The van der Waals surface area contributed by atoms with Gasteiger partial charge in [-0.25, -0.2) is 0 Å². The lowest BCUT2D eigenvalue weighted by atomic mass is 9.45. The van der Waals surface area contributed by atoms with Crippen molar-refractivity contribution >= 4 is 0 Å². The number of alkyl halides is 6. The van der Waals surface area contributed by atoms with Gasteiger partial charge < -0.3 is 0 Å². The van der Waals surface area contributed by atoms with E-state index in [1.54, 1.807) is 0 Å². The van der Waals surface area contributed by atoms with Gasteiger partial charge in [0.25, 0.3) is 0 Å². The Morgan fingerprint density at radius 2 is 0.611 bits per heavy atom. The highest BCUT2D eigenvalue weighted by Gasteiger charge is 2.88. The molecular formula is C12H18F6. The van der Waals surface area contributed by atoms with Gasteiger partial charge in [-0.3, -0.25) is 0 Å². The van der Waals surface area contributed by atoms with E-state index in [4.69, 9.17) is 0 Å². The van der Waals surface area contributed by atoms with E-state index < -0.39 is 34.0 Å². The van der Waals surface area contributed by atoms with Crippen LogP contribution in [0.4, 0.5) is 26.3 Å². The first kappa shape index (κ1) is 15.6. The monoisotopic (exact) mass is 276 g/mol. The molecule has 1 aliphatic carbocycles. The van der Waals surface area contributed by atoms with Crippen molar-refractivity contribution in [2.24, 2.45) is 16.2 Å². The highest BCUT2D eigenvalue weighted by Crippen LogP contribution is 2.73. The second-order valence-electron chi connectivity index (χ2n) is 6.60. The summed E-state index contributed by atoms with van der Waals surface area (Å²) < 4.78 is 82.6. The van der Waals surface area contributed by atoms with Gasteiger partial charge in [0.05, 0.1) is 0 Å². The first-order valence-electron chi connectivity index (χ1n) is 5.63. The van der Waals surface area contributed by atoms with Crippen LogP contribution in [0.25, 0.3) is 0 Å². The van der Waals surface area contributed by atoms with E-state index >= 15 is 0 Å². The van der Waals surface area contributed by atoms with Gasteiger partial charge in [0.15, 0.2) is 0 Å². The molecule has 0 bridgehead atoms. The van der Waals surface area contributed by atoms with E-state index in [1.165, 1.54) is 13.8 Å². The minimum absolute atomic E-state index is 0.915. The number of rotatable bonds is 0. The smallest absolute Gasteiger partial charge is 0.199 e. The van der Waals surface area contributed by atoms with Crippen LogP contribution in [0, 0.1) is 16.2 Å². The Labute approximate surface area is 103 Å². The zero-order valence-electron chi connectivity index (χ0n) is 11.3. The molecule has 0 aromatic heterocycles. The van der Waals surface area contributed by atoms with Crippen LogP contribution in [0.1, 0.15) is 41.5 Å². The van der Waals surface area contributed by atoms with Crippen molar-refractivity contribution in [1.29, 1.82) is 0 Å². The zero-order chi connectivity index (χ0) is 15.0. The first-order chi connectivity index (χ1) is 7.50. The average Bonchev–Trinajstić information content (AvgIpc) is 2.14. The summed E-state index contributed by atoms with van der Waals surface area (Å²) >= 11 is 0. The van der Waals surface area contributed by atoms with E-state index in [-0.39, 0.29) is 0 Å². The molecule has 1 saturated carbocycles. The largest absolute Gasteiger partial charge is 0.373 e. The summed E-state index contributed by atoms with van der Waals surface area (Å²) in [6, 6.07) is 0. The predicted molar refractivity (Wildman–Crippen MR) is 56.2 cm³/mol. The van der Waals surface area contributed by atoms with Crippen LogP contribution in [0.15, 0.2) is 0 Å². The van der Waals surface area contributed by atoms with Crippen LogP contribution in [-0.2, 0) is 0 Å². The van der Waals surface area contributed by atoms with Gasteiger partial charge in [-0.05, 0) is 5.41 Å². The Bertz CT molecular complexity index is 248. The number of hydrogen-bond acceptors (Lipinski definition) is 0. The second kappa shape index (κ2) is 3.18. The van der Waals surface area contributed by atoms with Crippen LogP contribution < -0.4 is 0 Å². The van der Waals surface area contributed by atoms with E-state index in [1.807, 2.05) is 0 Å². The fourth-order valence-corrected chi connectivity index (χ4v) is 2.55. The van der Waals surface area contributed by atoms with Crippen LogP contribution >= 0.6 is 0 Å². The highest BCUT2D eigenvalue weighted by atomic mass is 19.3. The lowest BCUT2D eigenvalue weighted by molar-refractivity contribution is -0.430. The highest BCUT2D eigenvalue weighted by molar-refractivity contribution is 5.21. The lowest BCUT2D eigenvalue weighted by Gasteiger charge is -2.63. The van der Waals surface area contributed by atoms with E-state index in [2.05, 4.69) is 0 Å². The van der Waals surface area contributed by atoms with E-state index in [9.17, 15) is 26.3 Å². The molecule has 0 atom stereocenters. The van der Waals surface area contributed by atoms with Crippen molar-refractivity contribution in [1.82, 2.24) is 0 Å². The standard InChI is InChI=1S/C12H18F6/c1-7(2)8(3,4)10(13,14)12(17,18)11(15,16)9(7,5)6/h1-6H3. The van der Waals surface area contributed by atoms with Crippen LogP contribution in [-0.4, -0.2) is 17.8 Å². The molecular weight excluding hydrogens is 258 g/mol. The van der Waals surface area contributed by atoms with Gasteiger partial charge in [0, 0.05) is 10.8 Å². The van der Waals surface area contributed by atoms with Crippen LogP contribution in [0.2, 0.25) is 0 Å². The maximum absolute atomic E-state index is 13.9. The molecule has 0 unspecified atom stereocenters. The Balaban J connectivity index is 3.72. The first-order valence-corrected chi connectivity index (χ1v) is 5.63. The molecule has 0 saturated heterocycles. The Kier molecular flexibility index (Phi) is 2.76. The maximum Gasteiger partial charge on any atom is 0.373 e. The van der Waals surface area contributed by atoms with Crippen molar-refractivity contribution in [3.8, 4) is 0 Å². The summed E-state index contributed by atoms with van der Waals surface area (Å²) in [5.41, 5.74) is -6.22. The zero-order valence-corrected chi connectivity index (χ0v) is 11.3. The molecule has 1 rings (SSSR count). The number of halogens is 6. The topological polar surface area (TPSA) is 0 Å². The van der Waals surface area contributed by atoms with Gasteiger partial charge in [0.2, 0.25) is 0 Å². The molecule has 0 nitrogen and oxygen atoms in total. The Morgan fingerprint density at radius 3 is 0.833 bits per heavy atom. The van der Waals surface area contributed by atoms with E-state index in [0.29, 0.717) is 0 Å². The summed E-state index contributed by atoms with van der Waals surface area (Å²) in [6.07, 6.45) is 0. The normalized spacial score (nSPS) is 34.0. The minimum Gasteiger partial charge on any atom is -0.199 e. The van der Waals surface area contributed by atoms with Crippen molar-refractivity contribution in [2.45, 2.75) is 59.3 Å². The van der Waals surface area contributed by atoms with Gasteiger partial charge in [-0.15, -0.1) is 0 Å². The third kappa shape index (κ3) is 1.15. The molecule has 0 spiro atoms. The van der Waals surface area contributed by atoms with E-state index in [0.717, 1.165) is 27.7 Å². The molecule has 0 aliphatic heterocycles. The molecule has 6 heteroatoms. The predicted octanol–water partition coefficient (Wildman–Crippen LogP) is 4.98. The van der Waals surface area contributed by atoms with Crippen LogP contribution in [0.3, 0.4) is 0 Å². The molecule has 18 heavy (non-hydrogen) atoms. The molecule has 0 N–H and O–H groups in total. The molecule has 0 heterocycles. The minimum atomic E-state index is -5.37. The fourth-order valence-electron chi connectivity index (χ4n) is 2.55. The SMILES string of the molecule is CC1(C)C(C)(C)C(F)(F)C(F)(F)C(F)(F)C1(C)C. The fraction of sp³-hybridized carbons (Fsp3) is 1.00.